The van der Waals surface area contributed by atoms with Crippen LogP contribution in [0.4, 0.5) is 4.39 Å². The van der Waals surface area contributed by atoms with Gasteiger partial charge in [-0.05, 0) is 42.5 Å². The summed E-state index contributed by atoms with van der Waals surface area (Å²) >= 11 is 0. The number of rotatable bonds is 5. The first-order chi connectivity index (χ1) is 13.6. The Morgan fingerprint density at radius 1 is 1.00 bits per heavy atom. The van der Waals surface area contributed by atoms with Crippen molar-refractivity contribution in [2.75, 3.05) is 26.2 Å². The van der Waals surface area contributed by atoms with Crippen LogP contribution in [0.5, 0.6) is 0 Å². The monoisotopic (exact) mass is 379 g/mol. The van der Waals surface area contributed by atoms with Gasteiger partial charge in [-0.15, -0.1) is 0 Å². The minimum atomic E-state index is -0.891. The van der Waals surface area contributed by atoms with E-state index in [2.05, 4.69) is 39.1 Å². The van der Waals surface area contributed by atoms with Gasteiger partial charge in [0.2, 0.25) is 0 Å². The maximum absolute atomic E-state index is 13.2. The molecule has 2 aromatic carbocycles. The molecule has 5 heteroatoms. The van der Waals surface area contributed by atoms with Crippen LogP contribution in [0.3, 0.4) is 0 Å². The summed E-state index contributed by atoms with van der Waals surface area (Å²) in [5.74, 6) is 0.851. The quantitative estimate of drug-likeness (QED) is 0.864. The van der Waals surface area contributed by atoms with Crippen molar-refractivity contribution in [1.29, 1.82) is 0 Å². The van der Waals surface area contributed by atoms with E-state index in [0.717, 1.165) is 44.0 Å². The SMILES string of the molecule is OC1(c2ccc(F)cc2)CCN(C2=CN=CCN2CCc2ccccc2)CC1. The zero-order valence-electron chi connectivity index (χ0n) is 16.0. The van der Waals surface area contributed by atoms with Crippen LogP contribution in [-0.2, 0) is 12.0 Å². The molecule has 28 heavy (non-hydrogen) atoms. The summed E-state index contributed by atoms with van der Waals surface area (Å²) in [4.78, 5) is 9.02. The van der Waals surface area contributed by atoms with Crippen molar-refractivity contribution in [3.05, 3.63) is 83.6 Å². The molecule has 0 unspecified atom stereocenters. The lowest BCUT2D eigenvalue weighted by molar-refractivity contribution is -0.0243. The average Bonchev–Trinajstić information content (AvgIpc) is 2.74. The number of piperidine rings is 1. The van der Waals surface area contributed by atoms with Gasteiger partial charge < -0.3 is 14.9 Å². The van der Waals surface area contributed by atoms with Crippen molar-refractivity contribution in [3.63, 3.8) is 0 Å². The van der Waals surface area contributed by atoms with Crippen LogP contribution >= 0.6 is 0 Å². The molecule has 0 aliphatic carbocycles. The Morgan fingerprint density at radius 2 is 1.71 bits per heavy atom. The summed E-state index contributed by atoms with van der Waals surface area (Å²) in [6.45, 7) is 3.23. The van der Waals surface area contributed by atoms with E-state index in [0.29, 0.717) is 12.8 Å². The predicted molar refractivity (Wildman–Crippen MR) is 109 cm³/mol. The number of aliphatic hydroxyl groups is 1. The normalized spacial score (nSPS) is 18.9. The topological polar surface area (TPSA) is 39.1 Å². The molecule has 0 aromatic heterocycles. The molecule has 0 spiro atoms. The van der Waals surface area contributed by atoms with Crippen molar-refractivity contribution in [3.8, 4) is 0 Å². The molecular weight excluding hydrogens is 353 g/mol. The van der Waals surface area contributed by atoms with E-state index < -0.39 is 5.60 Å². The van der Waals surface area contributed by atoms with E-state index in [-0.39, 0.29) is 5.82 Å². The Bertz CT molecular complexity index is 840. The third kappa shape index (κ3) is 4.09. The van der Waals surface area contributed by atoms with Crippen molar-refractivity contribution < 1.29 is 9.50 Å². The van der Waals surface area contributed by atoms with Gasteiger partial charge in [-0.3, -0.25) is 4.99 Å². The molecule has 1 saturated heterocycles. The van der Waals surface area contributed by atoms with Gasteiger partial charge in [0.15, 0.2) is 0 Å². The smallest absolute Gasteiger partial charge is 0.123 e. The van der Waals surface area contributed by atoms with Crippen LogP contribution in [0.1, 0.15) is 24.0 Å². The molecule has 1 N–H and O–H groups in total. The Labute approximate surface area is 165 Å². The average molecular weight is 379 g/mol. The zero-order valence-corrected chi connectivity index (χ0v) is 16.0. The van der Waals surface area contributed by atoms with E-state index in [4.69, 9.17) is 0 Å². The fourth-order valence-electron chi connectivity index (χ4n) is 3.99. The van der Waals surface area contributed by atoms with E-state index in [1.54, 1.807) is 12.1 Å². The van der Waals surface area contributed by atoms with E-state index in [9.17, 15) is 9.50 Å². The molecule has 2 aliphatic heterocycles. The first kappa shape index (κ1) is 18.7. The second-order valence-electron chi connectivity index (χ2n) is 7.53. The maximum atomic E-state index is 13.2. The number of hydrogen-bond acceptors (Lipinski definition) is 4. The summed E-state index contributed by atoms with van der Waals surface area (Å²) < 4.78 is 13.2. The summed E-state index contributed by atoms with van der Waals surface area (Å²) in [6, 6.07) is 16.7. The van der Waals surface area contributed by atoms with Gasteiger partial charge in [-0.1, -0.05) is 42.5 Å². The largest absolute Gasteiger partial charge is 0.385 e. The molecule has 0 saturated carbocycles. The second kappa shape index (κ2) is 8.15. The second-order valence-corrected chi connectivity index (χ2v) is 7.53. The molecule has 2 heterocycles. The highest BCUT2D eigenvalue weighted by Crippen LogP contribution is 2.34. The highest BCUT2D eigenvalue weighted by Gasteiger charge is 2.35. The van der Waals surface area contributed by atoms with Gasteiger partial charge in [0.25, 0.3) is 0 Å². The van der Waals surface area contributed by atoms with E-state index in [1.165, 1.54) is 17.7 Å². The molecule has 146 valence electrons. The molecule has 0 bridgehead atoms. The Balaban J connectivity index is 1.40. The first-order valence-corrected chi connectivity index (χ1v) is 9.88. The van der Waals surface area contributed by atoms with Crippen LogP contribution in [0, 0.1) is 5.82 Å². The Hall–Kier alpha value is -2.66. The number of halogens is 1. The van der Waals surface area contributed by atoms with Crippen molar-refractivity contribution in [1.82, 2.24) is 9.80 Å². The molecule has 0 radical (unpaired) electrons. The minimum Gasteiger partial charge on any atom is -0.385 e. The number of hydrogen-bond donors (Lipinski definition) is 1. The molecule has 4 rings (SSSR count). The molecule has 4 nitrogen and oxygen atoms in total. The fraction of sp³-hybridized carbons (Fsp3) is 0.348. The van der Waals surface area contributed by atoms with E-state index in [1.807, 2.05) is 18.5 Å². The molecule has 1 fully saturated rings. The molecule has 0 atom stereocenters. The van der Waals surface area contributed by atoms with Gasteiger partial charge in [0, 0.05) is 25.8 Å². The predicted octanol–water partition coefficient (Wildman–Crippen LogP) is 3.54. The third-order valence-corrected chi connectivity index (χ3v) is 5.73. The fourth-order valence-corrected chi connectivity index (χ4v) is 3.99. The van der Waals surface area contributed by atoms with Crippen LogP contribution < -0.4 is 0 Å². The van der Waals surface area contributed by atoms with Gasteiger partial charge >= 0.3 is 0 Å². The lowest BCUT2D eigenvalue weighted by Crippen LogP contribution is -2.46. The molecule has 2 aromatic rings. The summed E-state index contributed by atoms with van der Waals surface area (Å²) in [5, 5.41) is 11.1. The molecule has 0 amide bonds. The van der Waals surface area contributed by atoms with Crippen molar-refractivity contribution in [2.24, 2.45) is 4.99 Å². The number of nitrogens with zero attached hydrogens (tertiary/aromatic N) is 3. The first-order valence-electron chi connectivity index (χ1n) is 9.88. The number of likely N-dealkylation sites (tertiary alicyclic amines) is 1. The molecular formula is C23H26FN3O. The van der Waals surface area contributed by atoms with Crippen LogP contribution in [-0.4, -0.2) is 47.3 Å². The highest BCUT2D eigenvalue weighted by molar-refractivity contribution is 5.62. The van der Waals surface area contributed by atoms with Crippen LogP contribution in [0.25, 0.3) is 0 Å². The molecule has 2 aliphatic rings. The van der Waals surface area contributed by atoms with Crippen molar-refractivity contribution >= 4 is 6.21 Å². The lowest BCUT2D eigenvalue weighted by Gasteiger charge is -2.43. The number of benzene rings is 2. The number of aliphatic imine (C=N–C) groups is 1. The Kier molecular flexibility index (Phi) is 5.44. The highest BCUT2D eigenvalue weighted by atomic mass is 19.1. The van der Waals surface area contributed by atoms with Crippen molar-refractivity contribution in [2.45, 2.75) is 24.9 Å². The zero-order chi connectivity index (χ0) is 19.4. The lowest BCUT2D eigenvalue weighted by atomic mass is 9.84. The van der Waals surface area contributed by atoms with Crippen LogP contribution in [0.2, 0.25) is 0 Å². The summed E-state index contributed by atoms with van der Waals surface area (Å²) in [5.41, 5.74) is 1.23. The van der Waals surface area contributed by atoms with Gasteiger partial charge in [-0.25, -0.2) is 4.39 Å². The Morgan fingerprint density at radius 3 is 2.43 bits per heavy atom. The van der Waals surface area contributed by atoms with Gasteiger partial charge in [-0.2, -0.15) is 0 Å². The van der Waals surface area contributed by atoms with Gasteiger partial charge in [0.05, 0.1) is 18.3 Å². The van der Waals surface area contributed by atoms with Gasteiger partial charge in [0.1, 0.15) is 11.6 Å². The van der Waals surface area contributed by atoms with E-state index >= 15 is 0 Å². The third-order valence-electron chi connectivity index (χ3n) is 5.73. The van der Waals surface area contributed by atoms with Crippen LogP contribution in [0.15, 0.2) is 71.6 Å². The standard InChI is InChI=1S/C23H26FN3O/c24-21-8-6-20(7-9-21)23(28)11-15-27(16-12-23)22-18-25-13-17-26(22)14-10-19-4-2-1-3-5-19/h1-9,13,18,28H,10-12,14-17H2. The summed E-state index contributed by atoms with van der Waals surface area (Å²) in [6.07, 6.45) is 6.09. The maximum Gasteiger partial charge on any atom is 0.123 e. The minimum absolute atomic E-state index is 0.274. The summed E-state index contributed by atoms with van der Waals surface area (Å²) in [7, 11) is 0.